The number of para-hydroxylation sites is 2. The number of fused-ring (bicyclic) bond motifs is 1. The fourth-order valence-corrected chi connectivity index (χ4v) is 1.16. The highest BCUT2D eigenvalue weighted by Crippen LogP contribution is 2.07. The van der Waals surface area contributed by atoms with Gasteiger partial charge in [0.1, 0.15) is 5.52 Å². The zero-order valence-corrected chi connectivity index (χ0v) is 6.40. The molecule has 1 aromatic heterocycles. The fraction of sp³-hybridized carbons (Fsp3) is 0. The molecule has 0 saturated carbocycles. The van der Waals surface area contributed by atoms with Gasteiger partial charge in [-0.3, -0.25) is 0 Å². The van der Waals surface area contributed by atoms with Gasteiger partial charge in [0.2, 0.25) is 0 Å². The first-order chi connectivity index (χ1) is 4.86. The normalized spacial score (nSPS) is 10.4. The summed E-state index contributed by atoms with van der Waals surface area (Å²) >= 11 is 2.42. The Labute approximate surface area is 66.3 Å². The number of nitrogens with zero attached hydrogens (tertiary/aromatic N) is 1. The number of rotatable bonds is 0. The Morgan fingerprint density at radius 3 is 2.90 bits per heavy atom. The highest BCUT2D eigenvalue weighted by molar-refractivity contribution is 6.28. The molecule has 3 heteroatoms. The van der Waals surface area contributed by atoms with Crippen molar-refractivity contribution < 1.29 is 4.42 Å². The summed E-state index contributed by atoms with van der Waals surface area (Å²) in [7, 11) is 0. The largest absolute Gasteiger partial charge is 0.463 e. The molecule has 0 aliphatic carbocycles. The van der Waals surface area contributed by atoms with Gasteiger partial charge in [0.25, 0.3) is 16.3 Å². The van der Waals surface area contributed by atoms with E-state index in [0.29, 0.717) is 4.75 Å². The Morgan fingerprint density at radius 1 is 1.30 bits per heavy atom. The van der Waals surface area contributed by atoms with E-state index in [1.807, 2.05) is 24.3 Å². The van der Waals surface area contributed by atoms with Crippen LogP contribution in [0.1, 0.15) is 0 Å². The van der Waals surface area contributed by atoms with Crippen LogP contribution in [0.5, 0.6) is 0 Å². The molecule has 0 N–H and O–H groups in total. The third kappa shape index (κ3) is 0.842. The number of oxazole rings is 1. The second kappa shape index (κ2) is 2.12. The Morgan fingerprint density at radius 2 is 2.10 bits per heavy atom. The first-order valence-corrected chi connectivity index (χ1v) is 3.55. The monoisotopic (exact) mass is 145 g/mol. The van der Waals surface area contributed by atoms with E-state index in [-0.39, 0.29) is 0 Å². The highest BCUT2D eigenvalue weighted by atomic mass is 27.0. The van der Waals surface area contributed by atoms with Gasteiger partial charge in [-0.15, -0.1) is 0 Å². The van der Waals surface area contributed by atoms with Crippen molar-refractivity contribution >= 4 is 32.1 Å². The molecule has 2 rings (SSSR count). The van der Waals surface area contributed by atoms with Gasteiger partial charge in [-0.1, -0.05) is 12.1 Å². The Hall–Kier alpha value is -0.778. The van der Waals surface area contributed by atoms with Crippen LogP contribution in [0, 0.1) is 0 Å². The zero-order chi connectivity index (χ0) is 6.97. The minimum Gasteiger partial charge on any atom is -0.463 e. The molecule has 1 heterocycles. The average Bonchev–Trinajstić information content (AvgIpc) is 2.27. The van der Waals surface area contributed by atoms with Crippen molar-refractivity contribution in [2.24, 2.45) is 0 Å². The third-order valence-corrected chi connectivity index (χ3v) is 1.56. The van der Waals surface area contributed by atoms with Gasteiger partial charge in [-0.25, -0.2) is 4.98 Å². The summed E-state index contributed by atoms with van der Waals surface area (Å²) in [5.74, 6) is 0. The Balaban J connectivity index is 2.88. The summed E-state index contributed by atoms with van der Waals surface area (Å²) in [6.45, 7) is 0. The van der Waals surface area contributed by atoms with E-state index in [1.165, 1.54) is 0 Å². The standard InChI is InChI=1S/C7H4NO.Al/c1-2-4-7-6(3-1)8-5-9-7;/h1-4H;. The van der Waals surface area contributed by atoms with Gasteiger partial charge in [-0.2, -0.15) is 0 Å². The lowest BCUT2D eigenvalue weighted by Crippen LogP contribution is -1.99. The predicted molar refractivity (Wildman–Crippen MR) is 39.4 cm³/mol. The minimum absolute atomic E-state index is 0.640. The molecule has 0 unspecified atom stereocenters. The van der Waals surface area contributed by atoms with Crippen molar-refractivity contribution in [1.82, 2.24) is 4.98 Å². The van der Waals surface area contributed by atoms with E-state index in [9.17, 15) is 0 Å². The molecule has 0 bridgehead atoms. The van der Waals surface area contributed by atoms with Crippen molar-refractivity contribution in [2.45, 2.75) is 0 Å². The quantitative estimate of drug-likeness (QED) is 0.508. The van der Waals surface area contributed by atoms with Gasteiger partial charge < -0.3 is 4.42 Å². The van der Waals surface area contributed by atoms with Gasteiger partial charge in [0.15, 0.2) is 5.58 Å². The van der Waals surface area contributed by atoms with Crippen LogP contribution in [0.4, 0.5) is 0 Å². The maximum absolute atomic E-state index is 5.22. The maximum Gasteiger partial charge on any atom is 0.277 e. The van der Waals surface area contributed by atoms with Gasteiger partial charge in [-0.05, 0) is 12.1 Å². The second-order valence-electron chi connectivity index (χ2n) is 2.02. The van der Waals surface area contributed by atoms with E-state index in [1.54, 1.807) is 0 Å². The van der Waals surface area contributed by atoms with E-state index in [2.05, 4.69) is 21.3 Å². The van der Waals surface area contributed by atoms with Crippen LogP contribution in [0.2, 0.25) is 0 Å². The zero-order valence-electron chi connectivity index (χ0n) is 5.24. The maximum atomic E-state index is 5.22. The summed E-state index contributed by atoms with van der Waals surface area (Å²) in [6, 6.07) is 7.69. The summed E-state index contributed by atoms with van der Waals surface area (Å²) in [4.78, 5) is 4.11. The molecule has 2 nitrogen and oxygen atoms in total. The number of aromatic nitrogens is 1. The molecule has 0 aliphatic rings. The Kier molecular flexibility index (Phi) is 1.27. The van der Waals surface area contributed by atoms with Gasteiger partial charge in [0.05, 0.1) is 4.75 Å². The van der Waals surface area contributed by atoms with Crippen molar-refractivity contribution in [3.8, 4) is 0 Å². The lowest BCUT2D eigenvalue weighted by molar-refractivity contribution is 0.644. The summed E-state index contributed by atoms with van der Waals surface area (Å²) in [5, 5.41) is 0. The average molecular weight is 145 g/mol. The van der Waals surface area contributed by atoms with Crippen molar-refractivity contribution in [1.29, 1.82) is 0 Å². The van der Waals surface area contributed by atoms with Crippen LogP contribution in [-0.4, -0.2) is 21.3 Å². The van der Waals surface area contributed by atoms with Crippen molar-refractivity contribution in [2.75, 3.05) is 0 Å². The topological polar surface area (TPSA) is 26.0 Å². The van der Waals surface area contributed by atoms with Gasteiger partial charge >= 0.3 is 0 Å². The molecule has 0 saturated heterocycles. The molecule has 0 amide bonds. The minimum atomic E-state index is 0.640. The van der Waals surface area contributed by atoms with Gasteiger partial charge in [0, 0.05) is 0 Å². The lowest BCUT2D eigenvalue weighted by Gasteiger charge is -1.80. The first-order valence-electron chi connectivity index (χ1n) is 2.97. The third-order valence-electron chi connectivity index (χ3n) is 1.31. The van der Waals surface area contributed by atoms with Crippen LogP contribution in [0.15, 0.2) is 28.7 Å². The predicted octanol–water partition coefficient (Wildman–Crippen LogP) is 0.622. The molecule has 1 aromatic carbocycles. The van der Waals surface area contributed by atoms with Crippen LogP contribution in [0.25, 0.3) is 11.1 Å². The van der Waals surface area contributed by atoms with E-state index in [0.717, 1.165) is 11.1 Å². The molecule has 0 spiro atoms. The molecule has 0 aliphatic heterocycles. The fourth-order valence-electron chi connectivity index (χ4n) is 0.890. The van der Waals surface area contributed by atoms with Crippen molar-refractivity contribution in [3.63, 3.8) is 0 Å². The summed E-state index contributed by atoms with van der Waals surface area (Å²) in [5.41, 5.74) is 1.75. The molecule has 10 heavy (non-hydrogen) atoms. The van der Waals surface area contributed by atoms with E-state index in [4.69, 9.17) is 4.42 Å². The Bertz CT molecular complexity index is 322. The van der Waals surface area contributed by atoms with Crippen LogP contribution < -0.4 is 4.75 Å². The number of benzene rings is 1. The van der Waals surface area contributed by atoms with Crippen LogP contribution in [0.3, 0.4) is 0 Å². The second-order valence-corrected chi connectivity index (χ2v) is 2.51. The molecule has 0 fully saturated rings. The van der Waals surface area contributed by atoms with Crippen molar-refractivity contribution in [3.05, 3.63) is 24.3 Å². The SMILES string of the molecule is [Al][c]1nc2ccccc2o1. The number of hydrogen-bond donors (Lipinski definition) is 0. The lowest BCUT2D eigenvalue weighted by atomic mass is 10.3. The first kappa shape index (κ1) is 5.97. The smallest absolute Gasteiger partial charge is 0.277 e. The van der Waals surface area contributed by atoms with E-state index >= 15 is 0 Å². The van der Waals surface area contributed by atoms with E-state index < -0.39 is 0 Å². The molecule has 46 valence electrons. The summed E-state index contributed by atoms with van der Waals surface area (Å²) < 4.78 is 5.86. The van der Waals surface area contributed by atoms with Crippen LogP contribution >= 0.6 is 0 Å². The molecule has 0 atom stereocenters. The number of hydrogen-bond acceptors (Lipinski definition) is 2. The molecular formula is C7H4AlNO. The molecule has 2 radical (unpaired) electrons. The molecule has 2 aromatic rings. The molecular weight excluding hydrogens is 141 g/mol. The highest BCUT2D eigenvalue weighted by Gasteiger charge is 1.96. The van der Waals surface area contributed by atoms with Crippen LogP contribution in [-0.2, 0) is 0 Å². The summed E-state index contributed by atoms with van der Waals surface area (Å²) in [6.07, 6.45) is 0.